The van der Waals surface area contributed by atoms with Crippen molar-refractivity contribution in [3.8, 4) is 0 Å². The van der Waals surface area contributed by atoms with Gasteiger partial charge in [-0.15, -0.1) is 11.8 Å². The molecule has 1 amide bonds. The van der Waals surface area contributed by atoms with Gasteiger partial charge in [0.15, 0.2) is 6.29 Å². The molecular formula is C15H24Cl3NO9S. The monoisotopic (exact) mass is 499 g/mol. The quantitative estimate of drug-likeness (QED) is 0.245. The smallest absolute Gasteiger partial charge is 0.272 e. The van der Waals surface area contributed by atoms with Crippen LogP contribution in [0.1, 0.15) is 6.92 Å². The van der Waals surface area contributed by atoms with E-state index in [0.717, 1.165) is 11.8 Å². The van der Waals surface area contributed by atoms with Crippen molar-refractivity contribution in [1.82, 2.24) is 5.32 Å². The number of hydrogen-bond donors (Lipinski definition) is 6. The van der Waals surface area contributed by atoms with Gasteiger partial charge in [0.1, 0.15) is 42.1 Å². The molecule has 0 spiro atoms. The molecule has 10 atom stereocenters. The summed E-state index contributed by atoms with van der Waals surface area (Å²) in [5.74, 6) is -1.01. The maximum Gasteiger partial charge on any atom is 0.272 e. The first-order chi connectivity index (χ1) is 13.4. The van der Waals surface area contributed by atoms with Crippen LogP contribution < -0.4 is 5.32 Å². The van der Waals surface area contributed by atoms with Gasteiger partial charge in [0.05, 0.1) is 18.8 Å². The summed E-state index contributed by atoms with van der Waals surface area (Å²) in [5.41, 5.74) is -0.828. The molecule has 2 aliphatic rings. The molecular weight excluding hydrogens is 477 g/mol. The van der Waals surface area contributed by atoms with Crippen LogP contribution in [0.4, 0.5) is 0 Å². The Morgan fingerprint density at radius 1 is 1.10 bits per heavy atom. The predicted molar refractivity (Wildman–Crippen MR) is 105 cm³/mol. The molecule has 0 aromatic heterocycles. The minimum atomic E-state index is -2.30. The van der Waals surface area contributed by atoms with Gasteiger partial charge in [-0.05, 0) is 13.2 Å². The van der Waals surface area contributed by atoms with E-state index in [1.807, 2.05) is 0 Å². The van der Waals surface area contributed by atoms with Crippen molar-refractivity contribution < 1.29 is 44.5 Å². The van der Waals surface area contributed by atoms with Gasteiger partial charge < -0.3 is 45.1 Å². The van der Waals surface area contributed by atoms with E-state index in [9.17, 15) is 30.3 Å². The number of aliphatic hydroxyl groups is 5. The van der Waals surface area contributed by atoms with E-state index in [2.05, 4.69) is 5.32 Å². The Labute approximate surface area is 186 Å². The summed E-state index contributed by atoms with van der Waals surface area (Å²) < 4.78 is 14.4. The maximum absolute atomic E-state index is 12.2. The minimum Gasteiger partial charge on any atom is -0.394 e. The van der Waals surface area contributed by atoms with Crippen molar-refractivity contribution in [2.75, 3.05) is 12.9 Å². The van der Waals surface area contributed by atoms with E-state index in [1.165, 1.54) is 6.92 Å². The Hall–Kier alpha value is 0.370. The summed E-state index contributed by atoms with van der Waals surface area (Å²) in [7, 11) is 0. The first-order valence-corrected chi connectivity index (χ1v) is 11.0. The van der Waals surface area contributed by atoms with Crippen LogP contribution in [0.15, 0.2) is 0 Å². The lowest BCUT2D eigenvalue weighted by molar-refractivity contribution is -0.323. The zero-order valence-corrected chi connectivity index (χ0v) is 18.5. The van der Waals surface area contributed by atoms with Gasteiger partial charge in [-0.25, -0.2) is 0 Å². The van der Waals surface area contributed by atoms with Crippen LogP contribution in [0.2, 0.25) is 0 Å². The zero-order valence-electron chi connectivity index (χ0n) is 15.4. The topological polar surface area (TPSA) is 158 Å². The Morgan fingerprint density at radius 2 is 1.72 bits per heavy atom. The fourth-order valence-electron chi connectivity index (χ4n) is 3.10. The highest BCUT2D eigenvalue weighted by atomic mass is 35.6. The number of rotatable bonds is 5. The Morgan fingerprint density at radius 3 is 2.24 bits per heavy atom. The van der Waals surface area contributed by atoms with Gasteiger partial charge in [0.25, 0.3) is 9.70 Å². The lowest BCUT2D eigenvalue weighted by atomic mass is 9.96. The molecule has 0 aromatic rings. The Kier molecular flexibility index (Phi) is 9.12. The van der Waals surface area contributed by atoms with Crippen LogP contribution in [0.5, 0.6) is 0 Å². The van der Waals surface area contributed by atoms with Crippen molar-refractivity contribution in [3.05, 3.63) is 0 Å². The largest absolute Gasteiger partial charge is 0.394 e. The normalized spacial score (nSPS) is 43.8. The maximum atomic E-state index is 12.2. The summed E-state index contributed by atoms with van der Waals surface area (Å²) >= 11 is 18.0. The number of carbonyl (C=O) groups is 1. The predicted octanol–water partition coefficient (Wildman–Crippen LogP) is -1.50. The first-order valence-electron chi connectivity index (χ1n) is 8.62. The Balaban J connectivity index is 2.29. The number of carbonyl (C=O) groups excluding carboxylic acids is 1. The number of hydrogen-bond acceptors (Lipinski definition) is 10. The summed E-state index contributed by atoms with van der Waals surface area (Å²) in [6.45, 7) is 0.898. The second-order valence-electron chi connectivity index (χ2n) is 6.73. The van der Waals surface area contributed by atoms with Gasteiger partial charge in [-0.2, -0.15) is 0 Å². The molecule has 0 aromatic carbocycles. The lowest BCUT2D eigenvalue weighted by Crippen LogP contribution is -2.67. The number of thioether (sulfide) groups is 1. The number of aliphatic hydroxyl groups excluding tert-OH is 5. The molecule has 2 saturated heterocycles. The van der Waals surface area contributed by atoms with Gasteiger partial charge in [0.2, 0.25) is 0 Å². The van der Waals surface area contributed by atoms with Crippen LogP contribution in [0.25, 0.3) is 0 Å². The van der Waals surface area contributed by atoms with E-state index in [0.29, 0.717) is 0 Å². The van der Waals surface area contributed by atoms with Crippen LogP contribution in [-0.2, 0) is 19.0 Å². The molecule has 14 heteroatoms. The van der Waals surface area contributed by atoms with Crippen molar-refractivity contribution in [2.45, 2.75) is 71.2 Å². The average Bonchev–Trinajstić information content (AvgIpc) is 2.66. The number of halogens is 3. The number of amides is 1. The molecule has 0 saturated carbocycles. The molecule has 0 unspecified atom stereocenters. The molecule has 2 rings (SSSR count). The van der Waals surface area contributed by atoms with Crippen molar-refractivity contribution in [1.29, 1.82) is 0 Å². The van der Waals surface area contributed by atoms with Crippen LogP contribution in [-0.4, -0.2) is 109 Å². The van der Waals surface area contributed by atoms with E-state index in [1.54, 1.807) is 6.26 Å². The average molecular weight is 501 g/mol. The highest BCUT2D eigenvalue weighted by Crippen LogP contribution is 2.33. The van der Waals surface area contributed by atoms with Crippen LogP contribution >= 0.6 is 46.6 Å². The lowest BCUT2D eigenvalue weighted by Gasteiger charge is -2.47. The summed E-state index contributed by atoms with van der Waals surface area (Å²) in [5, 5.41) is 52.6. The third-order valence-electron chi connectivity index (χ3n) is 4.74. The van der Waals surface area contributed by atoms with E-state index in [-0.39, 0.29) is 0 Å². The fourth-order valence-corrected chi connectivity index (χ4v) is 4.03. The minimum absolute atomic E-state index is 0.560. The molecule has 6 N–H and O–H groups in total. The van der Waals surface area contributed by atoms with Crippen LogP contribution in [0, 0.1) is 0 Å². The highest BCUT2D eigenvalue weighted by molar-refractivity contribution is 7.99. The van der Waals surface area contributed by atoms with Gasteiger partial charge >= 0.3 is 0 Å². The van der Waals surface area contributed by atoms with E-state index < -0.39 is 76.8 Å². The molecule has 2 aliphatic heterocycles. The highest BCUT2D eigenvalue weighted by Gasteiger charge is 2.51. The SMILES string of the molecule is CS[C@@H]1O[C@H](CO)[C@@H](O)[C@H](O[C@@H]2O[C@@H](C)[C@H](O)[C@@H](O)[C@H]2O)[C@H]1NC(=O)C(Cl)(Cl)Cl. The third kappa shape index (κ3) is 5.79. The van der Waals surface area contributed by atoms with Crippen molar-refractivity contribution >= 4 is 52.5 Å². The van der Waals surface area contributed by atoms with Crippen LogP contribution in [0.3, 0.4) is 0 Å². The molecule has 0 bridgehead atoms. The summed E-state index contributed by atoms with van der Waals surface area (Å²) in [4.78, 5) is 12.2. The second-order valence-corrected chi connectivity index (χ2v) is 9.95. The van der Waals surface area contributed by atoms with Crippen molar-refractivity contribution in [3.63, 3.8) is 0 Å². The molecule has 29 heavy (non-hydrogen) atoms. The Bertz CT molecular complexity index is 572. The zero-order chi connectivity index (χ0) is 22.1. The number of nitrogens with one attached hydrogen (secondary N) is 1. The molecule has 0 aliphatic carbocycles. The fraction of sp³-hybridized carbons (Fsp3) is 0.933. The van der Waals surface area contributed by atoms with Crippen molar-refractivity contribution in [2.24, 2.45) is 0 Å². The number of ether oxygens (including phenoxy) is 3. The van der Waals surface area contributed by atoms with E-state index in [4.69, 9.17) is 49.0 Å². The van der Waals surface area contributed by atoms with Gasteiger partial charge in [-0.3, -0.25) is 4.79 Å². The molecule has 0 radical (unpaired) electrons. The molecule has 10 nitrogen and oxygen atoms in total. The van der Waals surface area contributed by atoms with Gasteiger partial charge in [0, 0.05) is 0 Å². The van der Waals surface area contributed by atoms with E-state index >= 15 is 0 Å². The number of alkyl halides is 3. The second kappa shape index (κ2) is 10.3. The standard InChI is InChI=1S/C15H24Cl3NO9S/c1-4-7(21)9(23)10(24)12(26-4)28-11-6(19-14(25)15(16,17)18)13(29-2)27-5(3-20)8(11)22/h4-13,20-24H,3H2,1-2H3,(H,19,25)/t4-,5+,6+,7-,8+,9+,10+,11+,12-,13-/m0/s1. The molecule has 170 valence electrons. The first kappa shape index (κ1) is 25.6. The summed E-state index contributed by atoms with van der Waals surface area (Å²) in [6, 6.07) is -1.08. The third-order valence-corrected chi connectivity index (χ3v) is 6.12. The molecule has 2 fully saturated rings. The molecule has 2 heterocycles. The summed E-state index contributed by atoms with van der Waals surface area (Å²) in [6.07, 6.45) is -9.12. The van der Waals surface area contributed by atoms with Gasteiger partial charge in [-0.1, -0.05) is 34.8 Å².